The van der Waals surface area contributed by atoms with E-state index in [1.807, 2.05) is 24.3 Å². The lowest BCUT2D eigenvalue weighted by molar-refractivity contribution is 0.102. The van der Waals surface area contributed by atoms with Crippen LogP contribution in [0.2, 0.25) is 0 Å². The Labute approximate surface area is 130 Å². The number of nitrogens with one attached hydrogen (secondary N) is 1. The van der Waals surface area contributed by atoms with Crippen molar-refractivity contribution >= 4 is 17.3 Å². The van der Waals surface area contributed by atoms with Crippen molar-refractivity contribution in [3.63, 3.8) is 0 Å². The summed E-state index contributed by atoms with van der Waals surface area (Å²) in [6, 6.07) is 13.7. The highest BCUT2D eigenvalue weighted by Gasteiger charge is 2.10. The van der Waals surface area contributed by atoms with Crippen LogP contribution >= 0.6 is 0 Å². The number of anilines is 2. The number of benzene rings is 2. The van der Waals surface area contributed by atoms with Crippen molar-refractivity contribution in [1.29, 1.82) is 0 Å². The average Bonchev–Trinajstić information content (AvgIpc) is 2.49. The number of amides is 1. The topological polar surface area (TPSA) is 32.3 Å². The van der Waals surface area contributed by atoms with Gasteiger partial charge in [-0.25, -0.2) is 4.39 Å². The first-order valence-corrected chi connectivity index (χ1v) is 7.45. The molecule has 4 heteroatoms. The molecule has 1 amide bonds. The average molecular weight is 300 g/mol. The summed E-state index contributed by atoms with van der Waals surface area (Å²) < 4.78 is 13.1. The number of rotatable bonds is 5. The monoisotopic (exact) mass is 300 g/mol. The molecule has 0 radical (unpaired) electrons. The van der Waals surface area contributed by atoms with Crippen molar-refractivity contribution in [2.24, 2.45) is 0 Å². The molecule has 0 atom stereocenters. The van der Waals surface area contributed by atoms with Gasteiger partial charge in [0.15, 0.2) is 0 Å². The zero-order valence-corrected chi connectivity index (χ0v) is 13.1. The van der Waals surface area contributed by atoms with Gasteiger partial charge in [0.1, 0.15) is 5.82 Å². The lowest BCUT2D eigenvalue weighted by Crippen LogP contribution is -2.30. The Hall–Kier alpha value is -2.36. The zero-order valence-electron chi connectivity index (χ0n) is 13.1. The van der Waals surface area contributed by atoms with Gasteiger partial charge in [-0.05, 0) is 63.2 Å². The number of halogens is 1. The smallest absolute Gasteiger partial charge is 0.255 e. The van der Waals surface area contributed by atoms with Crippen molar-refractivity contribution in [1.82, 2.24) is 0 Å². The van der Waals surface area contributed by atoms with Gasteiger partial charge in [0.2, 0.25) is 0 Å². The summed E-state index contributed by atoms with van der Waals surface area (Å²) in [6.07, 6.45) is 0. The predicted octanol–water partition coefficient (Wildman–Crippen LogP) is 4.31. The molecule has 0 aliphatic carbocycles. The van der Waals surface area contributed by atoms with Gasteiger partial charge >= 0.3 is 0 Å². The van der Waals surface area contributed by atoms with Gasteiger partial charge in [-0.1, -0.05) is 6.07 Å². The Morgan fingerprint density at radius 3 is 2.41 bits per heavy atom. The number of carbonyl (C=O) groups excluding carboxylic acids is 1. The molecule has 0 heterocycles. The Balaban J connectivity index is 2.09. The van der Waals surface area contributed by atoms with E-state index in [9.17, 15) is 9.18 Å². The van der Waals surface area contributed by atoms with Crippen LogP contribution in [0.3, 0.4) is 0 Å². The van der Waals surface area contributed by atoms with Crippen LogP contribution in [-0.2, 0) is 0 Å². The second-order valence-electron chi connectivity index (χ2n) is 5.39. The maximum absolute atomic E-state index is 13.1. The van der Waals surface area contributed by atoms with Gasteiger partial charge in [-0.2, -0.15) is 0 Å². The van der Waals surface area contributed by atoms with E-state index in [2.05, 4.69) is 31.0 Å². The molecule has 2 rings (SSSR count). The first kappa shape index (κ1) is 16.0. The van der Waals surface area contributed by atoms with E-state index in [4.69, 9.17) is 0 Å². The van der Waals surface area contributed by atoms with Crippen LogP contribution in [0.25, 0.3) is 0 Å². The van der Waals surface area contributed by atoms with Crippen molar-refractivity contribution in [3.8, 4) is 0 Å². The van der Waals surface area contributed by atoms with E-state index in [-0.39, 0.29) is 5.91 Å². The van der Waals surface area contributed by atoms with E-state index in [0.29, 0.717) is 17.3 Å². The molecule has 0 fully saturated rings. The molecule has 0 aromatic heterocycles. The largest absolute Gasteiger partial charge is 0.369 e. The summed E-state index contributed by atoms with van der Waals surface area (Å²) in [5.74, 6) is -0.734. The Morgan fingerprint density at radius 1 is 1.18 bits per heavy atom. The molecular formula is C18H21FN2O. The predicted molar refractivity (Wildman–Crippen MR) is 89.0 cm³/mol. The number of nitrogens with zero attached hydrogens (tertiary/aromatic N) is 1. The molecule has 0 aliphatic heterocycles. The molecular weight excluding hydrogens is 279 g/mol. The number of hydrogen-bond acceptors (Lipinski definition) is 2. The second kappa shape index (κ2) is 7.07. The lowest BCUT2D eigenvalue weighted by Gasteiger charge is -2.27. The molecule has 0 aliphatic rings. The fourth-order valence-corrected chi connectivity index (χ4v) is 2.42. The fraction of sp³-hybridized carbons (Fsp3) is 0.278. The van der Waals surface area contributed by atoms with E-state index >= 15 is 0 Å². The van der Waals surface area contributed by atoms with Gasteiger partial charge in [0.05, 0.1) is 0 Å². The van der Waals surface area contributed by atoms with Crippen LogP contribution in [-0.4, -0.2) is 18.5 Å². The molecule has 22 heavy (non-hydrogen) atoms. The first-order valence-electron chi connectivity index (χ1n) is 7.45. The molecule has 3 nitrogen and oxygen atoms in total. The highest BCUT2D eigenvalue weighted by molar-refractivity contribution is 6.04. The Bertz CT molecular complexity index is 638. The summed E-state index contributed by atoms with van der Waals surface area (Å²) in [5.41, 5.74) is 2.11. The molecule has 116 valence electrons. The minimum absolute atomic E-state index is 0.307. The quantitative estimate of drug-likeness (QED) is 0.892. The van der Waals surface area contributed by atoms with Crippen molar-refractivity contribution in [2.45, 2.75) is 26.8 Å². The molecule has 0 saturated heterocycles. The van der Waals surface area contributed by atoms with Crippen molar-refractivity contribution in [3.05, 3.63) is 59.9 Å². The normalized spacial score (nSPS) is 10.6. The molecule has 0 saturated carbocycles. The van der Waals surface area contributed by atoms with Crippen LogP contribution in [0, 0.1) is 5.82 Å². The molecule has 0 unspecified atom stereocenters. The van der Waals surface area contributed by atoms with Crippen LogP contribution in [0.4, 0.5) is 15.8 Å². The highest BCUT2D eigenvalue weighted by Crippen LogP contribution is 2.20. The zero-order chi connectivity index (χ0) is 16.1. The number of carbonyl (C=O) groups is 1. The maximum atomic E-state index is 13.1. The van der Waals surface area contributed by atoms with E-state index in [1.54, 1.807) is 6.07 Å². The fourth-order valence-electron chi connectivity index (χ4n) is 2.42. The van der Waals surface area contributed by atoms with Gasteiger partial charge in [-0.3, -0.25) is 4.79 Å². The van der Waals surface area contributed by atoms with Crippen LogP contribution in [0.5, 0.6) is 0 Å². The maximum Gasteiger partial charge on any atom is 0.255 e. The molecule has 2 aromatic carbocycles. The van der Waals surface area contributed by atoms with E-state index < -0.39 is 5.82 Å². The summed E-state index contributed by atoms with van der Waals surface area (Å²) in [6.45, 7) is 7.32. The third-order valence-corrected chi connectivity index (χ3v) is 3.51. The van der Waals surface area contributed by atoms with Gasteiger partial charge in [-0.15, -0.1) is 0 Å². The molecule has 0 bridgehead atoms. The van der Waals surface area contributed by atoms with Gasteiger partial charge in [0, 0.05) is 29.5 Å². The van der Waals surface area contributed by atoms with E-state index in [1.165, 1.54) is 18.2 Å². The molecule has 1 N–H and O–H groups in total. The highest BCUT2D eigenvalue weighted by atomic mass is 19.1. The van der Waals surface area contributed by atoms with Crippen LogP contribution in [0.1, 0.15) is 31.1 Å². The summed E-state index contributed by atoms with van der Waals surface area (Å²) in [4.78, 5) is 14.3. The van der Waals surface area contributed by atoms with Gasteiger partial charge in [0.25, 0.3) is 5.91 Å². The van der Waals surface area contributed by atoms with Crippen LogP contribution in [0.15, 0.2) is 48.5 Å². The third-order valence-electron chi connectivity index (χ3n) is 3.51. The molecule has 0 spiro atoms. The minimum atomic E-state index is -0.418. The summed E-state index contributed by atoms with van der Waals surface area (Å²) in [7, 11) is 0. The lowest BCUT2D eigenvalue weighted by atomic mass is 10.2. The van der Waals surface area contributed by atoms with Crippen molar-refractivity contribution < 1.29 is 9.18 Å². The second-order valence-corrected chi connectivity index (χ2v) is 5.39. The van der Waals surface area contributed by atoms with Crippen LogP contribution < -0.4 is 10.2 Å². The third kappa shape index (κ3) is 3.85. The minimum Gasteiger partial charge on any atom is -0.369 e. The summed E-state index contributed by atoms with van der Waals surface area (Å²) >= 11 is 0. The SMILES string of the molecule is CCN(c1ccc(NC(=O)c2cccc(F)c2)cc1)C(C)C. The number of hydrogen-bond donors (Lipinski definition) is 1. The Morgan fingerprint density at radius 2 is 1.86 bits per heavy atom. The molecule has 2 aromatic rings. The Kier molecular flexibility index (Phi) is 5.15. The first-order chi connectivity index (χ1) is 10.5. The van der Waals surface area contributed by atoms with Crippen molar-refractivity contribution in [2.75, 3.05) is 16.8 Å². The van der Waals surface area contributed by atoms with E-state index in [0.717, 1.165) is 12.2 Å². The van der Waals surface area contributed by atoms with Gasteiger partial charge < -0.3 is 10.2 Å². The standard InChI is InChI=1S/C18H21FN2O/c1-4-21(13(2)3)17-10-8-16(9-11-17)20-18(22)14-6-5-7-15(19)12-14/h5-13H,4H2,1-3H3,(H,20,22). The summed E-state index contributed by atoms with van der Waals surface area (Å²) in [5, 5.41) is 2.77.